The minimum absolute atomic E-state index is 0.111. The third-order valence-electron chi connectivity index (χ3n) is 4.16. The van der Waals surface area contributed by atoms with E-state index < -0.39 is 0 Å². The molecule has 1 aliphatic heterocycles. The van der Waals surface area contributed by atoms with Crippen molar-refractivity contribution >= 4 is 11.6 Å². The third-order valence-corrected chi connectivity index (χ3v) is 4.16. The molecule has 2 atom stereocenters. The average Bonchev–Trinajstić information content (AvgIpc) is 3.03. The first-order valence-corrected chi connectivity index (χ1v) is 7.80. The van der Waals surface area contributed by atoms with Gasteiger partial charge in [-0.1, -0.05) is 0 Å². The van der Waals surface area contributed by atoms with Crippen molar-refractivity contribution in [2.24, 2.45) is 0 Å². The summed E-state index contributed by atoms with van der Waals surface area (Å²) < 4.78 is 23.6. The van der Waals surface area contributed by atoms with Crippen molar-refractivity contribution in [1.29, 1.82) is 0 Å². The number of fused-ring (bicyclic) bond motifs is 1. The fourth-order valence-electron chi connectivity index (χ4n) is 2.53. The van der Waals surface area contributed by atoms with Gasteiger partial charge in [-0.25, -0.2) is 4.39 Å². The first-order valence-electron chi connectivity index (χ1n) is 7.80. The molecule has 2 aromatic carbocycles. The smallest absolute Gasteiger partial charge is 0.282 e. The minimum atomic E-state index is -0.327. The summed E-state index contributed by atoms with van der Waals surface area (Å²) in [4.78, 5) is 13.4. The number of ether oxygens (including phenoxy) is 2. The second-order valence-electron chi connectivity index (χ2n) is 5.93. The molecule has 1 unspecified atom stereocenters. The summed E-state index contributed by atoms with van der Waals surface area (Å²) in [5, 5.41) is 2.81. The fourth-order valence-corrected chi connectivity index (χ4v) is 2.53. The Balaban J connectivity index is 1.60. The van der Waals surface area contributed by atoms with Crippen LogP contribution in [0.1, 0.15) is 12.5 Å². The molecule has 0 radical (unpaired) electrons. The third kappa shape index (κ3) is 3.65. The first kappa shape index (κ1) is 16.3. The minimum Gasteiger partial charge on any atom is -0.454 e. The zero-order valence-corrected chi connectivity index (χ0v) is 13.6. The van der Waals surface area contributed by atoms with Gasteiger partial charge in [-0.15, -0.1) is 0 Å². The molecule has 3 rings (SSSR count). The summed E-state index contributed by atoms with van der Waals surface area (Å²) in [6, 6.07) is 11.3. The Labute approximate surface area is 140 Å². The van der Waals surface area contributed by atoms with Crippen LogP contribution >= 0.6 is 0 Å². The van der Waals surface area contributed by atoms with Crippen LogP contribution in [0.2, 0.25) is 0 Å². The fraction of sp³-hybridized carbons (Fsp3) is 0.278. The van der Waals surface area contributed by atoms with Crippen molar-refractivity contribution < 1.29 is 23.6 Å². The molecule has 0 spiro atoms. The van der Waals surface area contributed by atoms with Gasteiger partial charge in [0.05, 0.1) is 7.05 Å². The SMILES string of the molecule is C[C@H](C(=O)Nc1ccc(F)cc1)[NH+](C)Cc1ccc2c(c1)OCO2. The lowest BCUT2D eigenvalue weighted by molar-refractivity contribution is -0.907. The summed E-state index contributed by atoms with van der Waals surface area (Å²) >= 11 is 0. The van der Waals surface area contributed by atoms with Crippen LogP contribution in [0.5, 0.6) is 11.5 Å². The molecule has 0 fully saturated rings. The number of carbonyl (C=O) groups is 1. The van der Waals surface area contributed by atoms with Crippen LogP contribution in [-0.4, -0.2) is 25.8 Å². The molecule has 1 amide bonds. The van der Waals surface area contributed by atoms with E-state index in [-0.39, 0.29) is 24.6 Å². The molecule has 1 heterocycles. The van der Waals surface area contributed by atoms with Gasteiger partial charge in [-0.05, 0) is 49.4 Å². The van der Waals surface area contributed by atoms with Crippen molar-refractivity contribution in [3.05, 3.63) is 53.8 Å². The van der Waals surface area contributed by atoms with Gasteiger partial charge in [0.15, 0.2) is 17.5 Å². The maximum atomic E-state index is 12.9. The standard InChI is InChI=1S/C18H19FN2O3/c1-12(18(22)20-15-6-4-14(19)5-7-15)21(2)10-13-3-8-16-17(9-13)24-11-23-16/h3-9,12H,10-11H2,1-2H3,(H,20,22)/p+1/t12-/m1/s1. The number of benzene rings is 2. The van der Waals surface area contributed by atoms with E-state index >= 15 is 0 Å². The van der Waals surface area contributed by atoms with Gasteiger partial charge in [0.1, 0.15) is 12.4 Å². The van der Waals surface area contributed by atoms with E-state index in [0.717, 1.165) is 22.0 Å². The number of hydrogen-bond donors (Lipinski definition) is 2. The Morgan fingerprint density at radius 2 is 1.92 bits per heavy atom. The van der Waals surface area contributed by atoms with E-state index in [2.05, 4.69) is 5.32 Å². The van der Waals surface area contributed by atoms with E-state index in [1.807, 2.05) is 32.2 Å². The number of nitrogens with one attached hydrogen (secondary N) is 2. The van der Waals surface area contributed by atoms with Crippen LogP contribution in [0.15, 0.2) is 42.5 Å². The maximum Gasteiger partial charge on any atom is 0.282 e. The molecule has 6 heteroatoms. The van der Waals surface area contributed by atoms with Crippen molar-refractivity contribution in [3.63, 3.8) is 0 Å². The highest BCUT2D eigenvalue weighted by atomic mass is 19.1. The van der Waals surface area contributed by atoms with E-state index in [9.17, 15) is 9.18 Å². The predicted octanol–water partition coefficient (Wildman–Crippen LogP) is 1.60. The largest absolute Gasteiger partial charge is 0.454 e. The molecule has 0 aliphatic carbocycles. The highest BCUT2D eigenvalue weighted by molar-refractivity contribution is 5.93. The number of rotatable bonds is 5. The van der Waals surface area contributed by atoms with Crippen molar-refractivity contribution in [1.82, 2.24) is 0 Å². The monoisotopic (exact) mass is 331 g/mol. The van der Waals surface area contributed by atoms with Crippen LogP contribution in [0.25, 0.3) is 0 Å². The molecule has 0 saturated heterocycles. The molecule has 0 aromatic heterocycles. The van der Waals surface area contributed by atoms with E-state index in [1.54, 1.807) is 12.1 Å². The number of hydrogen-bond acceptors (Lipinski definition) is 3. The van der Waals surface area contributed by atoms with Crippen molar-refractivity contribution in [3.8, 4) is 11.5 Å². The molecule has 5 nitrogen and oxygen atoms in total. The highest BCUT2D eigenvalue weighted by Gasteiger charge is 2.23. The number of quaternary nitrogens is 1. The zero-order chi connectivity index (χ0) is 17.1. The number of carbonyl (C=O) groups excluding carboxylic acids is 1. The molecular weight excluding hydrogens is 311 g/mol. The van der Waals surface area contributed by atoms with Crippen LogP contribution in [0.3, 0.4) is 0 Å². The summed E-state index contributed by atoms with van der Waals surface area (Å²) in [7, 11) is 1.96. The molecule has 0 saturated carbocycles. The highest BCUT2D eigenvalue weighted by Crippen LogP contribution is 2.32. The Bertz CT molecular complexity index is 734. The predicted molar refractivity (Wildman–Crippen MR) is 87.6 cm³/mol. The first-order chi connectivity index (χ1) is 11.5. The second kappa shape index (κ2) is 6.88. The summed E-state index contributed by atoms with van der Waals surface area (Å²) in [5.74, 6) is 1.05. The molecule has 126 valence electrons. The molecule has 0 bridgehead atoms. The van der Waals surface area contributed by atoms with Crippen molar-refractivity contribution in [2.45, 2.75) is 19.5 Å². The number of amides is 1. The van der Waals surface area contributed by atoms with Gasteiger partial charge in [0, 0.05) is 11.3 Å². The van der Waals surface area contributed by atoms with Gasteiger partial charge < -0.3 is 19.7 Å². The Kier molecular flexibility index (Phi) is 4.66. The van der Waals surface area contributed by atoms with E-state index in [0.29, 0.717) is 12.2 Å². The molecule has 2 N–H and O–H groups in total. The quantitative estimate of drug-likeness (QED) is 0.875. The molecule has 1 aliphatic rings. The second-order valence-corrected chi connectivity index (χ2v) is 5.93. The lowest BCUT2D eigenvalue weighted by Gasteiger charge is -2.21. The molecule has 2 aromatic rings. The van der Waals surface area contributed by atoms with E-state index in [4.69, 9.17) is 9.47 Å². The van der Waals surface area contributed by atoms with E-state index in [1.165, 1.54) is 12.1 Å². The van der Waals surface area contributed by atoms with Crippen LogP contribution in [-0.2, 0) is 11.3 Å². The molecular formula is C18H20FN2O3+. The lowest BCUT2D eigenvalue weighted by Crippen LogP contribution is -3.12. The average molecular weight is 331 g/mol. The summed E-state index contributed by atoms with van der Waals surface area (Å²) in [6.07, 6.45) is 0. The van der Waals surface area contributed by atoms with Crippen LogP contribution in [0.4, 0.5) is 10.1 Å². The zero-order valence-electron chi connectivity index (χ0n) is 13.6. The lowest BCUT2D eigenvalue weighted by atomic mass is 10.1. The Morgan fingerprint density at radius 3 is 2.67 bits per heavy atom. The maximum absolute atomic E-state index is 12.9. The Hall–Kier alpha value is -2.60. The summed E-state index contributed by atoms with van der Waals surface area (Å²) in [5.41, 5.74) is 1.65. The number of halogens is 1. The number of likely N-dealkylation sites (N-methyl/N-ethyl adjacent to an activating group) is 1. The van der Waals surface area contributed by atoms with Gasteiger partial charge in [0.25, 0.3) is 5.91 Å². The number of anilines is 1. The summed E-state index contributed by atoms with van der Waals surface area (Å²) in [6.45, 7) is 2.79. The molecule has 24 heavy (non-hydrogen) atoms. The van der Waals surface area contributed by atoms with Gasteiger partial charge in [-0.2, -0.15) is 0 Å². The topological polar surface area (TPSA) is 52.0 Å². The Morgan fingerprint density at radius 1 is 1.21 bits per heavy atom. The van der Waals surface area contributed by atoms with Gasteiger partial charge in [0.2, 0.25) is 6.79 Å². The van der Waals surface area contributed by atoms with Crippen LogP contribution < -0.4 is 19.7 Å². The van der Waals surface area contributed by atoms with Gasteiger partial charge >= 0.3 is 0 Å². The van der Waals surface area contributed by atoms with Gasteiger partial charge in [-0.3, -0.25) is 4.79 Å². The van der Waals surface area contributed by atoms with Crippen molar-refractivity contribution in [2.75, 3.05) is 19.2 Å². The normalized spacial score (nSPS) is 15.0. The van der Waals surface area contributed by atoms with Crippen LogP contribution in [0, 0.1) is 5.82 Å².